The predicted octanol–water partition coefficient (Wildman–Crippen LogP) is 0.819. The van der Waals surface area contributed by atoms with Crippen molar-refractivity contribution in [2.45, 2.75) is 12.8 Å². The number of aliphatic hydroxyl groups is 1. The van der Waals surface area contributed by atoms with Gasteiger partial charge < -0.3 is 20.8 Å². The number of nitrogens with zero attached hydrogens (tertiary/aromatic N) is 1. The largest absolute Gasteiger partial charge is 0.505 e. The molecule has 0 aliphatic carbocycles. The van der Waals surface area contributed by atoms with E-state index in [1.807, 2.05) is 0 Å². The van der Waals surface area contributed by atoms with Gasteiger partial charge in [-0.1, -0.05) is 6.07 Å². The first kappa shape index (κ1) is 12.7. The number of carbonyl (C=O) groups excluding carboxylic acids is 1. The van der Waals surface area contributed by atoms with Gasteiger partial charge in [0.05, 0.1) is 11.3 Å². The fourth-order valence-electron chi connectivity index (χ4n) is 2.34. The number of hydrogen-bond acceptors (Lipinski definition) is 4. The lowest BCUT2D eigenvalue weighted by molar-refractivity contribution is 0.0782. The van der Waals surface area contributed by atoms with Crippen LogP contribution in [0.3, 0.4) is 0 Å². The highest BCUT2D eigenvalue weighted by Crippen LogP contribution is 2.28. The molecule has 1 fully saturated rings. The molecule has 5 heteroatoms. The zero-order valence-electron chi connectivity index (χ0n) is 10.2. The average Bonchev–Trinajstić information content (AvgIpc) is 2.81. The Balaban J connectivity index is 2.11. The molecule has 98 valence electrons. The van der Waals surface area contributed by atoms with E-state index in [4.69, 9.17) is 10.8 Å². The molecule has 1 aliphatic heterocycles. The topological polar surface area (TPSA) is 86.8 Å². The lowest BCUT2D eigenvalue weighted by atomic mass is 10.1. The summed E-state index contributed by atoms with van der Waals surface area (Å²) in [5.74, 6) is 0.00972. The predicted molar refractivity (Wildman–Crippen MR) is 68.2 cm³/mol. The number of anilines is 1. The van der Waals surface area contributed by atoms with Gasteiger partial charge in [-0.2, -0.15) is 0 Å². The highest BCUT2D eigenvalue weighted by Gasteiger charge is 2.28. The first-order chi connectivity index (χ1) is 8.63. The van der Waals surface area contributed by atoms with Crippen LogP contribution in [0.5, 0.6) is 5.75 Å². The third-order valence-corrected chi connectivity index (χ3v) is 3.41. The Labute approximate surface area is 106 Å². The van der Waals surface area contributed by atoms with Gasteiger partial charge in [0.2, 0.25) is 0 Å². The minimum Gasteiger partial charge on any atom is -0.505 e. The summed E-state index contributed by atoms with van der Waals surface area (Å²) in [4.78, 5) is 13.9. The number of phenols is 1. The van der Waals surface area contributed by atoms with Crippen LogP contribution in [-0.4, -0.2) is 40.7 Å². The van der Waals surface area contributed by atoms with Gasteiger partial charge in [0, 0.05) is 19.7 Å². The second-order valence-electron chi connectivity index (χ2n) is 4.66. The molecule has 1 saturated heterocycles. The van der Waals surface area contributed by atoms with Gasteiger partial charge in [-0.3, -0.25) is 4.79 Å². The quantitative estimate of drug-likeness (QED) is 0.547. The zero-order chi connectivity index (χ0) is 13.1. The third-order valence-electron chi connectivity index (χ3n) is 3.41. The number of hydrogen-bond donors (Lipinski definition) is 3. The summed E-state index contributed by atoms with van der Waals surface area (Å²) in [6.07, 6.45) is 1.61. The molecule has 4 N–H and O–H groups in total. The van der Waals surface area contributed by atoms with E-state index in [0.29, 0.717) is 25.4 Å². The van der Waals surface area contributed by atoms with Gasteiger partial charge in [-0.25, -0.2) is 0 Å². The van der Waals surface area contributed by atoms with E-state index in [-0.39, 0.29) is 29.5 Å². The maximum Gasteiger partial charge on any atom is 0.257 e. The fraction of sp³-hybridized carbons (Fsp3) is 0.462. The molecule has 0 saturated carbocycles. The summed E-state index contributed by atoms with van der Waals surface area (Å²) in [6.45, 7) is 1.45. The van der Waals surface area contributed by atoms with Crippen molar-refractivity contribution in [2.24, 2.45) is 5.92 Å². The average molecular weight is 250 g/mol. The fourth-order valence-corrected chi connectivity index (χ4v) is 2.34. The van der Waals surface area contributed by atoms with E-state index in [0.717, 1.165) is 6.42 Å². The number of carbonyl (C=O) groups is 1. The lowest BCUT2D eigenvalue weighted by Crippen LogP contribution is -2.29. The van der Waals surface area contributed by atoms with Crippen LogP contribution in [0, 0.1) is 5.92 Å². The maximum atomic E-state index is 12.2. The van der Waals surface area contributed by atoms with Crippen LogP contribution in [0.2, 0.25) is 0 Å². The Morgan fingerprint density at radius 1 is 1.50 bits per heavy atom. The van der Waals surface area contributed by atoms with Crippen molar-refractivity contribution in [3.63, 3.8) is 0 Å². The first-order valence-corrected chi connectivity index (χ1v) is 6.11. The van der Waals surface area contributed by atoms with Crippen LogP contribution in [0.4, 0.5) is 5.69 Å². The smallest absolute Gasteiger partial charge is 0.257 e. The van der Waals surface area contributed by atoms with Crippen molar-refractivity contribution in [2.75, 3.05) is 25.4 Å². The highest BCUT2D eigenvalue weighted by molar-refractivity contribution is 5.98. The van der Waals surface area contributed by atoms with E-state index in [1.54, 1.807) is 23.1 Å². The summed E-state index contributed by atoms with van der Waals surface area (Å²) < 4.78 is 0. The Hall–Kier alpha value is -1.75. The highest BCUT2D eigenvalue weighted by atomic mass is 16.3. The van der Waals surface area contributed by atoms with Crippen LogP contribution in [-0.2, 0) is 0 Å². The third kappa shape index (κ3) is 2.41. The van der Waals surface area contributed by atoms with Gasteiger partial charge >= 0.3 is 0 Å². The molecule has 0 aromatic heterocycles. The Kier molecular flexibility index (Phi) is 3.72. The van der Waals surface area contributed by atoms with Crippen LogP contribution in [0.1, 0.15) is 23.2 Å². The minimum absolute atomic E-state index is 0.145. The molecule has 1 atom stereocenters. The summed E-state index contributed by atoms with van der Waals surface area (Å²) in [5.41, 5.74) is 6.04. The van der Waals surface area contributed by atoms with E-state index in [2.05, 4.69) is 0 Å². The monoisotopic (exact) mass is 250 g/mol. The van der Waals surface area contributed by atoms with Crippen LogP contribution < -0.4 is 5.73 Å². The van der Waals surface area contributed by atoms with E-state index in [1.165, 1.54) is 0 Å². The van der Waals surface area contributed by atoms with E-state index in [9.17, 15) is 9.90 Å². The Morgan fingerprint density at radius 3 is 3.00 bits per heavy atom. The van der Waals surface area contributed by atoms with Gasteiger partial charge in [0.15, 0.2) is 5.75 Å². The summed E-state index contributed by atoms with van der Waals surface area (Å²) in [5, 5.41) is 18.7. The normalized spacial score (nSPS) is 19.2. The van der Waals surface area contributed by atoms with Gasteiger partial charge in [0.1, 0.15) is 0 Å². The van der Waals surface area contributed by atoms with Crippen LogP contribution in [0.15, 0.2) is 18.2 Å². The molecule has 0 spiro atoms. The molecule has 1 aliphatic rings. The number of nitrogens with two attached hydrogens (primary N) is 1. The lowest BCUT2D eigenvalue weighted by Gasteiger charge is -2.17. The maximum absolute atomic E-state index is 12.2. The number of rotatable bonds is 3. The molecule has 1 aromatic rings. The summed E-state index contributed by atoms with van der Waals surface area (Å²) in [7, 11) is 0. The second-order valence-corrected chi connectivity index (χ2v) is 4.66. The summed E-state index contributed by atoms with van der Waals surface area (Å²) >= 11 is 0. The zero-order valence-corrected chi connectivity index (χ0v) is 10.2. The molecule has 1 unspecified atom stereocenters. The van der Waals surface area contributed by atoms with Crippen molar-refractivity contribution < 1.29 is 15.0 Å². The molecule has 18 heavy (non-hydrogen) atoms. The number of nitrogen functional groups attached to an aromatic ring is 1. The van der Waals surface area contributed by atoms with E-state index >= 15 is 0 Å². The molecule has 1 heterocycles. The minimum atomic E-state index is -0.194. The number of benzene rings is 1. The van der Waals surface area contributed by atoms with Gasteiger partial charge in [-0.05, 0) is 30.9 Å². The molecule has 5 nitrogen and oxygen atoms in total. The van der Waals surface area contributed by atoms with Crippen LogP contribution >= 0.6 is 0 Å². The molecule has 2 rings (SSSR count). The number of phenolic OH excluding ortho intramolecular Hbond substituents is 1. The van der Waals surface area contributed by atoms with E-state index < -0.39 is 0 Å². The number of aliphatic hydroxyl groups excluding tert-OH is 1. The number of likely N-dealkylation sites (tertiary alicyclic amines) is 1. The second kappa shape index (κ2) is 5.27. The standard InChI is InChI=1S/C13H18N2O3/c14-11-3-1-2-10(12(11)17)13(18)15-6-4-9(8-15)5-7-16/h1-3,9,16-17H,4-8,14H2. The number of aromatic hydroxyl groups is 1. The van der Waals surface area contributed by atoms with Crippen molar-refractivity contribution in [3.05, 3.63) is 23.8 Å². The number of para-hydroxylation sites is 1. The molecule has 0 bridgehead atoms. The molecular formula is C13H18N2O3. The van der Waals surface area contributed by atoms with Crippen molar-refractivity contribution in [1.82, 2.24) is 4.90 Å². The summed E-state index contributed by atoms with van der Waals surface area (Å²) in [6, 6.07) is 4.79. The Bertz CT molecular complexity index is 448. The Morgan fingerprint density at radius 2 is 2.28 bits per heavy atom. The SMILES string of the molecule is Nc1cccc(C(=O)N2CCC(CCO)C2)c1O. The number of amides is 1. The van der Waals surface area contributed by atoms with Crippen molar-refractivity contribution in [1.29, 1.82) is 0 Å². The van der Waals surface area contributed by atoms with Crippen molar-refractivity contribution >= 4 is 11.6 Å². The van der Waals surface area contributed by atoms with Gasteiger partial charge in [-0.15, -0.1) is 0 Å². The van der Waals surface area contributed by atoms with Gasteiger partial charge in [0.25, 0.3) is 5.91 Å². The molecule has 1 amide bonds. The molecular weight excluding hydrogens is 232 g/mol. The molecule has 1 aromatic carbocycles. The molecule has 0 radical (unpaired) electrons. The van der Waals surface area contributed by atoms with Crippen molar-refractivity contribution in [3.8, 4) is 5.75 Å². The first-order valence-electron chi connectivity index (χ1n) is 6.11. The van der Waals surface area contributed by atoms with Crippen LogP contribution in [0.25, 0.3) is 0 Å².